The first-order chi connectivity index (χ1) is 9.43. The Hall–Kier alpha value is -1.36. The van der Waals surface area contributed by atoms with Gasteiger partial charge < -0.3 is 4.74 Å². The summed E-state index contributed by atoms with van der Waals surface area (Å²) in [5.41, 5.74) is 0.613. The van der Waals surface area contributed by atoms with E-state index in [1.54, 1.807) is 0 Å². The van der Waals surface area contributed by atoms with Gasteiger partial charge in [-0.25, -0.2) is 9.18 Å². The first kappa shape index (κ1) is 15.0. The Labute approximate surface area is 129 Å². The molecular weight excluding hydrogens is 328 g/mol. The average molecular weight is 335 g/mol. The molecule has 7 heteroatoms. The summed E-state index contributed by atoms with van der Waals surface area (Å²) in [6, 6.07) is 4.31. The number of methoxy groups -OCH3 is 1. The van der Waals surface area contributed by atoms with Crippen LogP contribution in [-0.2, 0) is 4.74 Å². The van der Waals surface area contributed by atoms with E-state index in [0.717, 1.165) is 13.3 Å². The van der Waals surface area contributed by atoms with Gasteiger partial charge in [0.1, 0.15) is 0 Å². The monoisotopic (exact) mass is 333 g/mol. The third kappa shape index (κ3) is 2.87. The van der Waals surface area contributed by atoms with Crippen LogP contribution in [0.2, 0.25) is 15.1 Å². The van der Waals surface area contributed by atoms with Crippen molar-refractivity contribution in [3.05, 3.63) is 50.8 Å². The van der Waals surface area contributed by atoms with Gasteiger partial charge in [-0.15, -0.1) is 0 Å². The molecule has 2 aromatic rings. The maximum Gasteiger partial charge on any atom is 0.340 e. The van der Waals surface area contributed by atoms with Crippen LogP contribution in [0.1, 0.15) is 10.4 Å². The number of benzene rings is 1. The Morgan fingerprint density at radius 1 is 1.20 bits per heavy atom. The molecule has 20 heavy (non-hydrogen) atoms. The molecule has 0 N–H and O–H groups in total. The van der Waals surface area contributed by atoms with Gasteiger partial charge in [-0.2, -0.15) is 0 Å². The van der Waals surface area contributed by atoms with E-state index in [2.05, 4.69) is 9.72 Å². The highest BCUT2D eigenvalue weighted by atomic mass is 35.5. The van der Waals surface area contributed by atoms with E-state index in [4.69, 9.17) is 34.8 Å². The summed E-state index contributed by atoms with van der Waals surface area (Å²) in [6.07, 6.45) is 0.929. The number of nitrogens with zero attached hydrogens (tertiary/aromatic N) is 1. The fourth-order valence-electron chi connectivity index (χ4n) is 1.57. The summed E-state index contributed by atoms with van der Waals surface area (Å²) in [7, 11) is 1.16. The molecule has 0 bridgehead atoms. The van der Waals surface area contributed by atoms with Crippen LogP contribution < -0.4 is 0 Å². The molecule has 0 aliphatic heterocycles. The second-order valence-electron chi connectivity index (χ2n) is 3.79. The van der Waals surface area contributed by atoms with E-state index in [0.29, 0.717) is 11.3 Å². The van der Waals surface area contributed by atoms with Crippen molar-refractivity contribution in [2.24, 2.45) is 0 Å². The van der Waals surface area contributed by atoms with E-state index in [-0.39, 0.29) is 20.6 Å². The fraction of sp³-hybridized carbons (Fsp3) is 0.0769. The number of esters is 1. The Bertz CT molecular complexity index is 668. The molecule has 0 spiro atoms. The molecule has 1 heterocycles. The van der Waals surface area contributed by atoms with E-state index in [1.807, 2.05) is 0 Å². The van der Waals surface area contributed by atoms with Gasteiger partial charge in [0.15, 0.2) is 5.82 Å². The minimum Gasteiger partial charge on any atom is -0.465 e. The highest BCUT2D eigenvalue weighted by Gasteiger charge is 2.15. The van der Waals surface area contributed by atoms with Crippen LogP contribution in [0, 0.1) is 5.82 Å². The Balaban J connectivity index is 2.56. The summed E-state index contributed by atoms with van der Waals surface area (Å²) in [6.45, 7) is 0. The second kappa shape index (κ2) is 5.95. The lowest BCUT2D eigenvalue weighted by Crippen LogP contribution is -2.05. The topological polar surface area (TPSA) is 39.2 Å². The maximum absolute atomic E-state index is 13.5. The standard InChI is InChI=1S/C13H7Cl3FNO2/c1-20-13(19)7-4-11(18-5-10(7)17)6-2-8(14)12(16)9(15)3-6/h2-5H,1H3. The van der Waals surface area contributed by atoms with Gasteiger partial charge in [0, 0.05) is 5.56 Å². The Morgan fingerprint density at radius 3 is 2.35 bits per heavy atom. The van der Waals surface area contributed by atoms with Gasteiger partial charge in [0.05, 0.1) is 39.6 Å². The lowest BCUT2D eigenvalue weighted by atomic mass is 10.1. The van der Waals surface area contributed by atoms with Crippen molar-refractivity contribution < 1.29 is 13.9 Å². The van der Waals surface area contributed by atoms with Crippen LogP contribution in [0.5, 0.6) is 0 Å². The van der Waals surface area contributed by atoms with Crippen molar-refractivity contribution in [1.82, 2.24) is 4.98 Å². The lowest BCUT2D eigenvalue weighted by Gasteiger charge is -2.07. The fourth-order valence-corrected chi connectivity index (χ4v) is 2.16. The van der Waals surface area contributed by atoms with Gasteiger partial charge >= 0.3 is 5.97 Å². The van der Waals surface area contributed by atoms with Crippen LogP contribution in [0.4, 0.5) is 4.39 Å². The Kier molecular flexibility index (Phi) is 4.48. The highest BCUT2D eigenvalue weighted by molar-refractivity contribution is 6.48. The Morgan fingerprint density at radius 2 is 1.80 bits per heavy atom. The van der Waals surface area contributed by atoms with Crippen molar-refractivity contribution in [3.63, 3.8) is 0 Å². The number of ether oxygens (including phenoxy) is 1. The predicted molar refractivity (Wildman–Crippen MR) is 76.0 cm³/mol. The molecule has 1 aromatic heterocycles. The zero-order valence-electron chi connectivity index (χ0n) is 10.1. The molecule has 0 saturated carbocycles. The molecule has 3 nitrogen and oxygen atoms in total. The number of hydrogen-bond acceptors (Lipinski definition) is 3. The molecule has 0 unspecified atom stereocenters. The number of halogens is 4. The molecule has 0 fully saturated rings. The zero-order chi connectivity index (χ0) is 14.9. The van der Waals surface area contributed by atoms with Crippen molar-refractivity contribution >= 4 is 40.8 Å². The summed E-state index contributed by atoms with van der Waals surface area (Å²) >= 11 is 17.7. The molecule has 0 aliphatic carbocycles. The largest absolute Gasteiger partial charge is 0.465 e. The molecule has 0 atom stereocenters. The first-order valence-corrected chi connectivity index (χ1v) is 6.46. The van der Waals surface area contributed by atoms with Gasteiger partial charge in [-0.05, 0) is 18.2 Å². The van der Waals surface area contributed by atoms with E-state index < -0.39 is 11.8 Å². The number of pyridine rings is 1. The lowest BCUT2D eigenvalue weighted by molar-refractivity contribution is 0.0595. The molecule has 2 rings (SSSR count). The number of rotatable bonds is 2. The molecule has 0 radical (unpaired) electrons. The van der Waals surface area contributed by atoms with Crippen LogP contribution in [0.15, 0.2) is 24.4 Å². The molecule has 0 amide bonds. The van der Waals surface area contributed by atoms with E-state index in [1.165, 1.54) is 18.2 Å². The third-order valence-electron chi connectivity index (χ3n) is 2.54. The van der Waals surface area contributed by atoms with Crippen molar-refractivity contribution in [2.45, 2.75) is 0 Å². The highest BCUT2D eigenvalue weighted by Crippen LogP contribution is 2.34. The number of aromatic nitrogens is 1. The summed E-state index contributed by atoms with van der Waals surface area (Å²) in [5, 5.41) is 0.687. The normalized spacial score (nSPS) is 10.4. The SMILES string of the molecule is COC(=O)c1cc(-c2cc(Cl)c(Cl)c(Cl)c2)ncc1F. The number of carbonyl (C=O) groups excluding carboxylic acids is 1. The van der Waals surface area contributed by atoms with Crippen LogP contribution >= 0.6 is 34.8 Å². The maximum atomic E-state index is 13.5. The van der Waals surface area contributed by atoms with Gasteiger partial charge in [-0.3, -0.25) is 4.98 Å². The number of hydrogen-bond donors (Lipinski definition) is 0. The van der Waals surface area contributed by atoms with E-state index >= 15 is 0 Å². The zero-order valence-corrected chi connectivity index (χ0v) is 12.4. The van der Waals surface area contributed by atoms with Crippen LogP contribution in [0.25, 0.3) is 11.3 Å². The first-order valence-electron chi connectivity index (χ1n) is 5.32. The minimum absolute atomic E-state index is 0.215. The quantitative estimate of drug-likeness (QED) is 0.593. The van der Waals surface area contributed by atoms with Gasteiger partial charge in [0.2, 0.25) is 0 Å². The molecule has 0 aliphatic rings. The summed E-state index contributed by atoms with van der Waals surface area (Å²) < 4.78 is 18.0. The van der Waals surface area contributed by atoms with Gasteiger partial charge in [-0.1, -0.05) is 34.8 Å². The van der Waals surface area contributed by atoms with E-state index in [9.17, 15) is 9.18 Å². The molecular formula is C13H7Cl3FNO2. The van der Waals surface area contributed by atoms with Gasteiger partial charge in [0.25, 0.3) is 0 Å². The van der Waals surface area contributed by atoms with Crippen LogP contribution in [0.3, 0.4) is 0 Å². The average Bonchev–Trinajstić information content (AvgIpc) is 2.44. The molecule has 104 valence electrons. The molecule has 0 saturated heterocycles. The van der Waals surface area contributed by atoms with Crippen LogP contribution in [-0.4, -0.2) is 18.1 Å². The predicted octanol–water partition coefficient (Wildman–Crippen LogP) is 4.63. The third-order valence-corrected chi connectivity index (χ3v) is 3.74. The van der Waals surface area contributed by atoms with Crippen molar-refractivity contribution in [2.75, 3.05) is 7.11 Å². The van der Waals surface area contributed by atoms with Crippen molar-refractivity contribution in [1.29, 1.82) is 0 Å². The summed E-state index contributed by atoms with van der Waals surface area (Å²) in [5.74, 6) is -1.57. The number of carbonyl (C=O) groups is 1. The second-order valence-corrected chi connectivity index (χ2v) is 4.99. The summed E-state index contributed by atoms with van der Waals surface area (Å²) in [4.78, 5) is 15.3. The van der Waals surface area contributed by atoms with Crippen molar-refractivity contribution in [3.8, 4) is 11.3 Å². The smallest absolute Gasteiger partial charge is 0.340 e. The minimum atomic E-state index is -0.794. The molecule has 1 aromatic carbocycles.